The van der Waals surface area contributed by atoms with Crippen molar-refractivity contribution in [3.8, 4) is 0 Å². The molecule has 0 bridgehead atoms. The number of H-pyrrole nitrogens is 1. The van der Waals surface area contributed by atoms with E-state index in [1.807, 2.05) is 6.07 Å². The molecule has 68 valence electrons. The molecule has 1 N–H and O–H groups in total. The van der Waals surface area contributed by atoms with Gasteiger partial charge in [0.2, 0.25) is 0 Å². The van der Waals surface area contributed by atoms with Gasteiger partial charge in [-0.1, -0.05) is 50.7 Å². The summed E-state index contributed by atoms with van der Waals surface area (Å²) < 4.78 is 0.875. The molecule has 0 aliphatic heterocycles. The van der Waals surface area contributed by atoms with Gasteiger partial charge in [-0.05, 0) is 12.1 Å². The summed E-state index contributed by atoms with van der Waals surface area (Å²) in [6.07, 6.45) is 0. The fraction of sp³-hybridized carbons (Fsp3) is 0. The Labute approximate surface area is 98.1 Å². The Morgan fingerprint density at radius 1 is 1.15 bits per heavy atom. The number of rotatable bonds is 0. The predicted molar refractivity (Wildman–Crippen MR) is 61.0 cm³/mol. The fourth-order valence-corrected chi connectivity index (χ4v) is 2.44. The fourth-order valence-electron chi connectivity index (χ4n) is 1.16. The van der Waals surface area contributed by atoms with Crippen LogP contribution in [-0.2, 0) is 0 Å². The summed E-state index contributed by atoms with van der Waals surface area (Å²) in [4.78, 5) is 2.91. The van der Waals surface area contributed by atoms with Gasteiger partial charge in [0.05, 0.1) is 15.6 Å². The zero-order valence-electron chi connectivity index (χ0n) is 6.17. The lowest BCUT2D eigenvalue weighted by atomic mass is 10.2. The number of hydrogen-bond acceptors (Lipinski definition) is 0. The molecule has 2 rings (SSSR count). The van der Waals surface area contributed by atoms with Gasteiger partial charge in [0.25, 0.3) is 0 Å². The highest BCUT2D eigenvalue weighted by Gasteiger charge is 2.12. The molecule has 0 atom stereocenters. The van der Waals surface area contributed by atoms with Crippen molar-refractivity contribution < 1.29 is 0 Å². The van der Waals surface area contributed by atoms with Crippen molar-refractivity contribution in [1.29, 1.82) is 0 Å². The van der Waals surface area contributed by atoms with E-state index < -0.39 is 0 Å². The van der Waals surface area contributed by atoms with Crippen molar-refractivity contribution in [2.75, 3.05) is 0 Å². The van der Waals surface area contributed by atoms with Crippen LogP contribution in [-0.4, -0.2) is 4.98 Å². The van der Waals surface area contributed by atoms with Crippen LogP contribution in [0, 0.1) is 0 Å². The summed E-state index contributed by atoms with van der Waals surface area (Å²) in [6, 6.07) is 3.61. The van der Waals surface area contributed by atoms with E-state index in [0.29, 0.717) is 15.2 Å². The summed E-state index contributed by atoms with van der Waals surface area (Å²) in [7, 11) is 0. The first-order chi connectivity index (χ1) is 6.11. The molecule has 1 aromatic heterocycles. The average Bonchev–Trinajstić information content (AvgIpc) is 2.38. The van der Waals surface area contributed by atoms with Crippen LogP contribution in [0.15, 0.2) is 16.6 Å². The minimum atomic E-state index is 0.408. The molecule has 0 aliphatic carbocycles. The minimum Gasteiger partial charge on any atom is -0.343 e. The van der Waals surface area contributed by atoms with Crippen LogP contribution in [0.5, 0.6) is 0 Å². The predicted octanol–water partition coefficient (Wildman–Crippen LogP) is 4.89. The van der Waals surface area contributed by atoms with E-state index in [4.69, 9.17) is 34.8 Å². The van der Waals surface area contributed by atoms with Gasteiger partial charge in [-0.3, -0.25) is 0 Å². The molecular weight excluding hydrogens is 296 g/mol. The van der Waals surface area contributed by atoms with Gasteiger partial charge in [0, 0.05) is 9.86 Å². The van der Waals surface area contributed by atoms with Gasteiger partial charge < -0.3 is 4.98 Å². The first-order valence-electron chi connectivity index (χ1n) is 3.42. The van der Waals surface area contributed by atoms with E-state index in [1.54, 1.807) is 6.07 Å². The minimum absolute atomic E-state index is 0.408. The Hall–Kier alpha value is 0.110. The molecule has 1 heterocycles. The van der Waals surface area contributed by atoms with Gasteiger partial charge in [-0.2, -0.15) is 0 Å². The van der Waals surface area contributed by atoms with E-state index >= 15 is 0 Å². The molecule has 0 spiro atoms. The Bertz CT molecular complexity index is 478. The van der Waals surface area contributed by atoms with Gasteiger partial charge >= 0.3 is 0 Å². The first kappa shape index (κ1) is 9.66. The van der Waals surface area contributed by atoms with Gasteiger partial charge in [-0.15, -0.1) is 0 Å². The second-order valence-corrected chi connectivity index (χ2v) is 4.55. The van der Waals surface area contributed by atoms with Crippen LogP contribution in [0.4, 0.5) is 0 Å². The van der Waals surface area contributed by atoms with Crippen molar-refractivity contribution in [3.05, 3.63) is 31.8 Å². The number of hydrogen-bond donors (Lipinski definition) is 1. The lowest BCUT2D eigenvalue weighted by Gasteiger charge is -1.96. The highest BCUT2D eigenvalue weighted by molar-refractivity contribution is 9.10. The van der Waals surface area contributed by atoms with E-state index in [-0.39, 0.29) is 0 Å². The van der Waals surface area contributed by atoms with Crippen molar-refractivity contribution in [3.63, 3.8) is 0 Å². The highest BCUT2D eigenvalue weighted by atomic mass is 79.9. The Balaban J connectivity index is 3.00. The van der Waals surface area contributed by atoms with E-state index in [9.17, 15) is 0 Å². The van der Waals surface area contributed by atoms with Gasteiger partial charge in [0.15, 0.2) is 0 Å². The Morgan fingerprint density at radius 3 is 2.46 bits per heavy atom. The van der Waals surface area contributed by atoms with Gasteiger partial charge in [0.1, 0.15) is 5.15 Å². The topological polar surface area (TPSA) is 15.8 Å². The van der Waals surface area contributed by atoms with Crippen molar-refractivity contribution >= 4 is 61.6 Å². The normalized spacial score (nSPS) is 11.1. The number of halogens is 4. The van der Waals surface area contributed by atoms with Crippen LogP contribution < -0.4 is 0 Å². The summed E-state index contributed by atoms with van der Waals surface area (Å²) in [5.74, 6) is 0. The number of fused-ring (bicyclic) bond motifs is 1. The molecule has 0 amide bonds. The lowest BCUT2D eigenvalue weighted by molar-refractivity contribution is 1.47. The van der Waals surface area contributed by atoms with Crippen LogP contribution in [0.3, 0.4) is 0 Å². The monoisotopic (exact) mass is 297 g/mol. The molecule has 0 fully saturated rings. The second-order valence-electron chi connectivity index (χ2n) is 2.53. The third kappa shape index (κ3) is 1.46. The van der Waals surface area contributed by atoms with Crippen LogP contribution in [0.1, 0.15) is 0 Å². The average molecular weight is 299 g/mol. The number of aromatic nitrogens is 1. The summed E-state index contributed by atoms with van der Waals surface area (Å²) in [5, 5.41) is 2.32. The lowest BCUT2D eigenvalue weighted by Crippen LogP contribution is -1.72. The van der Waals surface area contributed by atoms with Crippen molar-refractivity contribution in [2.24, 2.45) is 0 Å². The van der Waals surface area contributed by atoms with E-state index in [1.165, 1.54) is 0 Å². The maximum absolute atomic E-state index is 5.97. The van der Waals surface area contributed by atoms with Crippen molar-refractivity contribution in [2.45, 2.75) is 0 Å². The molecule has 13 heavy (non-hydrogen) atoms. The zero-order chi connectivity index (χ0) is 9.59. The van der Waals surface area contributed by atoms with Crippen LogP contribution in [0.25, 0.3) is 10.9 Å². The number of aromatic amines is 1. The molecular formula is C8H3BrCl3N. The van der Waals surface area contributed by atoms with Crippen LogP contribution >= 0.6 is 50.7 Å². The SMILES string of the molecule is Clc1[nH]c2c(Cl)ccc(Br)c2c1Cl. The molecule has 1 nitrogen and oxygen atoms in total. The summed E-state index contributed by atoms with van der Waals surface area (Å²) >= 11 is 21.1. The largest absolute Gasteiger partial charge is 0.343 e. The summed E-state index contributed by atoms with van der Waals surface area (Å²) in [5.41, 5.74) is 0.756. The molecule has 0 saturated carbocycles. The van der Waals surface area contributed by atoms with Crippen molar-refractivity contribution in [1.82, 2.24) is 4.98 Å². The van der Waals surface area contributed by atoms with Gasteiger partial charge in [-0.25, -0.2) is 0 Å². The molecule has 0 aliphatic rings. The Morgan fingerprint density at radius 2 is 1.85 bits per heavy atom. The second kappa shape index (κ2) is 3.35. The maximum atomic E-state index is 5.97. The third-order valence-electron chi connectivity index (χ3n) is 1.75. The molecule has 0 radical (unpaired) electrons. The maximum Gasteiger partial charge on any atom is 0.126 e. The Kier molecular flexibility index (Phi) is 2.49. The molecule has 2 aromatic rings. The smallest absolute Gasteiger partial charge is 0.126 e. The van der Waals surface area contributed by atoms with Crippen LogP contribution in [0.2, 0.25) is 15.2 Å². The molecule has 0 unspecified atom stereocenters. The quantitative estimate of drug-likeness (QED) is 0.713. The molecule has 5 heteroatoms. The molecule has 0 saturated heterocycles. The first-order valence-corrected chi connectivity index (χ1v) is 5.34. The highest BCUT2D eigenvalue weighted by Crippen LogP contribution is 2.38. The summed E-state index contributed by atoms with van der Waals surface area (Å²) in [6.45, 7) is 0. The zero-order valence-corrected chi connectivity index (χ0v) is 10.0. The molecule has 1 aromatic carbocycles. The van der Waals surface area contributed by atoms with E-state index in [0.717, 1.165) is 15.4 Å². The van der Waals surface area contributed by atoms with E-state index in [2.05, 4.69) is 20.9 Å². The number of benzene rings is 1. The standard InChI is InChI=1S/C8H3BrCl3N/c9-3-1-2-4(10)7-5(3)6(11)8(12)13-7/h1-2,13H. The number of nitrogens with one attached hydrogen (secondary N) is 1. The third-order valence-corrected chi connectivity index (χ3v) is 3.48.